The summed E-state index contributed by atoms with van der Waals surface area (Å²) in [4.78, 5) is 16.5. The van der Waals surface area contributed by atoms with Gasteiger partial charge in [0.2, 0.25) is 5.91 Å². The van der Waals surface area contributed by atoms with E-state index < -0.39 is 21.8 Å². The summed E-state index contributed by atoms with van der Waals surface area (Å²) < 4.78 is 27.1. The third-order valence-electron chi connectivity index (χ3n) is 4.02. The predicted octanol–water partition coefficient (Wildman–Crippen LogP) is 3.94. The number of nitrogens with zero attached hydrogens (tertiary/aromatic N) is 2. The number of rotatable bonds is 5. The molecule has 0 saturated heterocycles. The van der Waals surface area contributed by atoms with Gasteiger partial charge in [0, 0.05) is 16.0 Å². The van der Waals surface area contributed by atoms with Crippen molar-refractivity contribution in [2.75, 3.05) is 0 Å². The van der Waals surface area contributed by atoms with Crippen LogP contribution in [-0.4, -0.2) is 19.3 Å². The molecule has 0 spiro atoms. The molecule has 1 aromatic heterocycles. The Morgan fingerprint density at radius 2 is 1.82 bits per heavy atom. The van der Waals surface area contributed by atoms with Crippen molar-refractivity contribution in [2.45, 2.75) is 17.9 Å². The van der Waals surface area contributed by atoms with Crippen LogP contribution in [0.15, 0.2) is 58.9 Å². The molecule has 28 heavy (non-hydrogen) atoms. The van der Waals surface area contributed by atoms with Crippen molar-refractivity contribution in [1.29, 1.82) is 5.26 Å². The van der Waals surface area contributed by atoms with E-state index in [1.165, 1.54) is 5.38 Å². The van der Waals surface area contributed by atoms with E-state index in [9.17, 15) is 13.2 Å². The molecular weight excluding hydrogens is 418 g/mol. The first kappa shape index (κ1) is 20.0. The number of halogens is 1. The Morgan fingerprint density at radius 1 is 1.18 bits per heavy atom. The average molecular weight is 432 g/mol. The minimum Gasteiger partial charge on any atom is -0.273 e. The molecule has 0 radical (unpaired) electrons. The molecule has 3 aromatic rings. The lowest BCUT2D eigenvalue weighted by molar-refractivity contribution is -0.120. The fourth-order valence-corrected chi connectivity index (χ4v) is 4.66. The average Bonchev–Trinajstić information content (AvgIpc) is 3.19. The molecule has 0 saturated carbocycles. The van der Waals surface area contributed by atoms with Crippen LogP contribution < -0.4 is 4.72 Å². The van der Waals surface area contributed by atoms with Gasteiger partial charge < -0.3 is 0 Å². The highest BCUT2D eigenvalue weighted by Gasteiger charge is 2.25. The van der Waals surface area contributed by atoms with Gasteiger partial charge in [0.05, 0.1) is 17.6 Å². The lowest BCUT2D eigenvalue weighted by Gasteiger charge is -2.12. The maximum atomic E-state index is 12.5. The monoisotopic (exact) mass is 431 g/mol. The normalized spacial score (nSPS) is 12.2. The second-order valence-electron chi connectivity index (χ2n) is 5.92. The first-order valence-electron chi connectivity index (χ1n) is 8.08. The Hall–Kier alpha value is -2.73. The molecule has 0 bridgehead atoms. The molecular formula is C19H14ClN3O3S2. The number of nitriles is 1. The van der Waals surface area contributed by atoms with Crippen LogP contribution in [0.4, 0.5) is 0 Å². The second kappa shape index (κ2) is 8.10. The number of aromatic nitrogens is 1. The largest absolute Gasteiger partial charge is 0.282 e. The fourth-order valence-electron chi connectivity index (χ4n) is 2.38. The Labute approximate surface area is 171 Å². The van der Waals surface area contributed by atoms with Crippen molar-refractivity contribution in [2.24, 2.45) is 0 Å². The first-order valence-corrected chi connectivity index (χ1v) is 10.8. The lowest BCUT2D eigenvalue weighted by Crippen LogP contribution is -2.34. The number of nitrogens with one attached hydrogen (secondary N) is 1. The Balaban J connectivity index is 1.76. The van der Waals surface area contributed by atoms with Gasteiger partial charge in [0.1, 0.15) is 5.01 Å². The van der Waals surface area contributed by atoms with Gasteiger partial charge >= 0.3 is 0 Å². The predicted molar refractivity (Wildman–Crippen MR) is 107 cm³/mol. The van der Waals surface area contributed by atoms with Crippen molar-refractivity contribution in [3.63, 3.8) is 0 Å². The first-order chi connectivity index (χ1) is 13.3. The summed E-state index contributed by atoms with van der Waals surface area (Å²) in [6.07, 6.45) is 0. The number of carbonyl (C=O) groups excluding carboxylic acids is 1. The van der Waals surface area contributed by atoms with E-state index in [1.54, 1.807) is 55.5 Å². The number of hydrogen-bond acceptors (Lipinski definition) is 6. The molecule has 0 aliphatic carbocycles. The number of sulfonamides is 1. The molecule has 1 N–H and O–H groups in total. The summed E-state index contributed by atoms with van der Waals surface area (Å²) in [6.45, 7) is 1.59. The van der Waals surface area contributed by atoms with Crippen molar-refractivity contribution in [3.05, 3.63) is 70.1 Å². The van der Waals surface area contributed by atoms with Crippen LogP contribution in [0.25, 0.3) is 10.6 Å². The molecule has 6 nitrogen and oxygen atoms in total. The fraction of sp³-hybridized carbons (Fsp3) is 0.105. The summed E-state index contributed by atoms with van der Waals surface area (Å²) in [7, 11) is -4.10. The zero-order valence-electron chi connectivity index (χ0n) is 14.6. The van der Waals surface area contributed by atoms with Crippen LogP contribution >= 0.6 is 22.9 Å². The number of hydrogen-bond donors (Lipinski definition) is 1. The van der Waals surface area contributed by atoms with Gasteiger partial charge in [0.25, 0.3) is 10.0 Å². The minimum absolute atomic E-state index is 0.220. The van der Waals surface area contributed by atoms with E-state index in [1.807, 2.05) is 6.07 Å². The minimum atomic E-state index is -4.10. The summed E-state index contributed by atoms with van der Waals surface area (Å²) in [5.74, 6) is -1.39. The summed E-state index contributed by atoms with van der Waals surface area (Å²) >= 11 is 7.01. The highest BCUT2D eigenvalue weighted by atomic mass is 35.5. The van der Waals surface area contributed by atoms with Crippen LogP contribution in [-0.2, 0) is 14.8 Å². The molecule has 1 heterocycles. The smallest absolute Gasteiger partial charge is 0.273 e. The molecule has 1 amide bonds. The highest BCUT2D eigenvalue weighted by Crippen LogP contribution is 2.27. The van der Waals surface area contributed by atoms with Crippen LogP contribution in [0.3, 0.4) is 0 Å². The van der Waals surface area contributed by atoms with E-state index in [4.69, 9.17) is 16.9 Å². The number of thiazole rings is 1. The third kappa shape index (κ3) is 4.39. The third-order valence-corrected chi connectivity index (χ3v) is 6.54. The van der Waals surface area contributed by atoms with Crippen molar-refractivity contribution in [3.8, 4) is 16.6 Å². The number of carbonyl (C=O) groups is 1. The maximum Gasteiger partial charge on any atom is 0.282 e. The van der Waals surface area contributed by atoms with E-state index in [0.29, 0.717) is 21.2 Å². The van der Waals surface area contributed by atoms with Gasteiger partial charge in [-0.25, -0.2) is 9.71 Å². The van der Waals surface area contributed by atoms with E-state index >= 15 is 0 Å². The quantitative estimate of drug-likeness (QED) is 0.659. The standard InChI is InChI=1S/C19H14ClN3O3S2/c1-12(14-4-2-13(10-21)3-5-14)18(24)23-28(25,26)17-11-27-19(22-17)15-6-8-16(20)9-7-15/h2-9,11-12H,1H3,(H,23,24). The molecule has 9 heteroatoms. The Bertz CT molecular complexity index is 1150. The molecule has 0 fully saturated rings. The van der Waals surface area contributed by atoms with Crippen LogP contribution in [0.2, 0.25) is 5.02 Å². The highest BCUT2D eigenvalue weighted by molar-refractivity contribution is 7.90. The van der Waals surface area contributed by atoms with Crippen LogP contribution in [0.1, 0.15) is 24.0 Å². The second-order valence-corrected chi connectivity index (χ2v) is 8.85. The van der Waals surface area contributed by atoms with Gasteiger partial charge in [-0.1, -0.05) is 35.9 Å². The molecule has 0 aliphatic heterocycles. The van der Waals surface area contributed by atoms with E-state index in [2.05, 4.69) is 9.71 Å². The van der Waals surface area contributed by atoms with Crippen molar-refractivity contribution in [1.82, 2.24) is 9.71 Å². The Kier molecular flexibility index (Phi) is 5.79. The summed E-state index contributed by atoms with van der Waals surface area (Å²) in [5.41, 5.74) is 1.79. The van der Waals surface area contributed by atoms with Crippen LogP contribution in [0, 0.1) is 11.3 Å². The Morgan fingerprint density at radius 3 is 2.43 bits per heavy atom. The number of benzene rings is 2. The van der Waals surface area contributed by atoms with Gasteiger partial charge in [-0.3, -0.25) is 4.79 Å². The molecule has 0 aliphatic rings. The van der Waals surface area contributed by atoms with E-state index in [0.717, 1.165) is 16.9 Å². The zero-order chi connectivity index (χ0) is 20.3. The van der Waals surface area contributed by atoms with Crippen molar-refractivity contribution >= 4 is 38.9 Å². The molecule has 142 valence electrons. The van der Waals surface area contributed by atoms with Gasteiger partial charge in [-0.15, -0.1) is 11.3 Å². The number of amides is 1. The molecule has 3 rings (SSSR count). The molecule has 1 unspecified atom stereocenters. The molecule has 1 atom stereocenters. The van der Waals surface area contributed by atoms with Crippen molar-refractivity contribution < 1.29 is 13.2 Å². The van der Waals surface area contributed by atoms with E-state index in [-0.39, 0.29) is 5.03 Å². The topological polar surface area (TPSA) is 99.9 Å². The molecule has 2 aromatic carbocycles. The van der Waals surface area contributed by atoms with Gasteiger partial charge in [-0.05, 0) is 36.8 Å². The summed E-state index contributed by atoms with van der Waals surface area (Å²) in [6, 6.07) is 15.2. The lowest BCUT2D eigenvalue weighted by atomic mass is 10.00. The van der Waals surface area contributed by atoms with Crippen LogP contribution in [0.5, 0.6) is 0 Å². The SMILES string of the molecule is CC(C(=O)NS(=O)(=O)c1csc(-c2ccc(Cl)cc2)n1)c1ccc(C#N)cc1. The zero-order valence-corrected chi connectivity index (χ0v) is 17.0. The summed E-state index contributed by atoms with van der Waals surface area (Å²) in [5, 5.41) is 11.1. The van der Waals surface area contributed by atoms with Gasteiger partial charge in [-0.2, -0.15) is 13.7 Å². The van der Waals surface area contributed by atoms with Gasteiger partial charge in [0.15, 0.2) is 5.03 Å². The maximum absolute atomic E-state index is 12.5.